The molecule has 468 valence electrons. The number of nitrogens with one attached hydrogen (secondary N) is 4. The lowest BCUT2D eigenvalue weighted by molar-refractivity contribution is -0.134. The maximum absolute atomic E-state index is 15.0. The van der Waals surface area contributed by atoms with Crippen molar-refractivity contribution in [1.29, 1.82) is 0 Å². The Bertz CT molecular complexity index is 3230. The molecule has 0 radical (unpaired) electrons. The number of likely N-dealkylation sites (tertiary alicyclic amines) is 1. The Morgan fingerprint density at radius 1 is 0.782 bits per heavy atom. The predicted octanol–water partition coefficient (Wildman–Crippen LogP) is 6.61. The van der Waals surface area contributed by atoms with Gasteiger partial charge in [0.05, 0.1) is 69.9 Å². The largest absolute Gasteiger partial charge is 0.497 e. The monoisotopic (exact) mass is 1200 g/mol. The number of piperidine rings is 1. The Hall–Kier alpha value is -7.95. The summed E-state index contributed by atoms with van der Waals surface area (Å²) in [5.41, 5.74) is 2.14. The molecule has 87 heavy (non-hydrogen) atoms. The van der Waals surface area contributed by atoms with E-state index in [-0.39, 0.29) is 105 Å². The standard InChI is InChI=1S/C65H84FN9O12/c1-6-86-56-39-50(83-5)23-22-49(56)42-75(64(82)87-65(2,3)4)43-58(77)74-27-13-18-48(41-74)46-16-12-17-47(38-46)60(78)69-59(45-14-8-7-9-15-45)62(80)68-26-33-85-35-34-84-32-25-67-40-57(76)72-28-30-73(31-29-72)63(81)53-36-44(21-24-54(53)66)37-55-51-19-10-11-20-52(51)61(79)71-70-55/h10-12,16-17,19-24,36,38-39,45,48,59,67H,6-9,13-15,18,25-35,37,40-43H2,1-5H3,(H,68,80)(H,69,78)(H,71,79)/t48?,59-/m1/s1. The van der Waals surface area contributed by atoms with Crippen molar-refractivity contribution in [1.82, 2.24) is 45.7 Å². The van der Waals surface area contributed by atoms with Crippen LogP contribution in [-0.2, 0) is 41.6 Å². The van der Waals surface area contributed by atoms with Gasteiger partial charge in [-0.2, -0.15) is 5.10 Å². The number of carbonyl (C=O) groups excluding carboxylic acids is 6. The van der Waals surface area contributed by atoms with Gasteiger partial charge in [-0.15, -0.1) is 0 Å². The van der Waals surface area contributed by atoms with Crippen LogP contribution in [0, 0.1) is 11.7 Å². The molecule has 2 saturated heterocycles. The second kappa shape index (κ2) is 31.6. The zero-order valence-electron chi connectivity index (χ0n) is 50.8. The first-order chi connectivity index (χ1) is 42.0. The summed E-state index contributed by atoms with van der Waals surface area (Å²) in [5.74, 6) is -1.00. The summed E-state index contributed by atoms with van der Waals surface area (Å²) in [5, 5.41) is 17.1. The van der Waals surface area contributed by atoms with E-state index in [0.717, 1.165) is 50.5 Å². The van der Waals surface area contributed by atoms with E-state index < -0.39 is 29.5 Å². The molecule has 2 aliphatic heterocycles. The van der Waals surface area contributed by atoms with Crippen molar-refractivity contribution in [2.45, 2.75) is 103 Å². The average Bonchev–Trinajstić information content (AvgIpc) is 3.58. The van der Waals surface area contributed by atoms with E-state index in [1.807, 2.05) is 37.3 Å². The van der Waals surface area contributed by atoms with Crippen LogP contribution in [0.15, 0.2) is 89.7 Å². The van der Waals surface area contributed by atoms with Gasteiger partial charge in [0, 0.05) is 87.3 Å². The summed E-state index contributed by atoms with van der Waals surface area (Å²) in [6, 6.07) is 23.5. The molecule has 4 aromatic carbocycles. The highest BCUT2D eigenvalue weighted by molar-refractivity contribution is 5.98. The van der Waals surface area contributed by atoms with Crippen LogP contribution in [0.2, 0.25) is 0 Å². The number of rotatable bonds is 26. The molecule has 21 nitrogen and oxygen atoms in total. The molecule has 8 rings (SSSR count). The molecule has 2 atom stereocenters. The first-order valence-electron chi connectivity index (χ1n) is 30.4. The number of aromatic amines is 1. The van der Waals surface area contributed by atoms with Crippen LogP contribution in [0.25, 0.3) is 10.8 Å². The molecular weight excluding hydrogens is 1120 g/mol. The smallest absolute Gasteiger partial charge is 0.411 e. The lowest BCUT2D eigenvalue weighted by Gasteiger charge is -2.35. The van der Waals surface area contributed by atoms with Gasteiger partial charge in [0.25, 0.3) is 17.4 Å². The number of benzene rings is 4. The van der Waals surface area contributed by atoms with Crippen molar-refractivity contribution >= 4 is 46.4 Å². The zero-order chi connectivity index (χ0) is 61.9. The molecule has 1 unspecified atom stereocenters. The van der Waals surface area contributed by atoms with Gasteiger partial charge in [0.1, 0.15) is 35.5 Å². The SMILES string of the molecule is CCOc1cc(OC)ccc1CN(CC(=O)N1CCCC(c2cccc(C(=O)N[C@@H](C(=O)NCCOCCOCCNCC(=O)N3CCN(C(=O)c4cc(Cc5n[nH]c(=O)c6ccccc56)ccc4F)CC3)C3CCCCC3)c2)C1)C(=O)OC(C)(C)C. The maximum Gasteiger partial charge on any atom is 0.411 e. The number of hydrogen-bond acceptors (Lipinski definition) is 14. The van der Waals surface area contributed by atoms with Crippen LogP contribution in [0.4, 0.5) is 9.18 Å². The van der Waals surface area contributed by atoms with Crippen LogP contribution < -0.4 is 31.0 Å². The van der Waals surface area contributed by atoms with Crippen molar-refractivity contribution in [2.24, 2.45) is 5.92 Å². The number of methoxy groups -OCH3 is 1. The number of fused-ring (bicyclic) bond motifs is 1. The van der Waals surface area contributed by atoms with Crippen molar-refractivity contribution in [3.8, 4) is 11.5 Å². The normalized spacial score (nSPS) is 16.0. The summed E-state index contributed by atoms with van der Waals surface area (Å²) in [7, 11) is 1.57. The van der Waals surface area contributed by atoms with Crippen LogP contribution in [-0.4, -0.2) is 183 Å². The summed E-state index contributed by atoms with van der Waals surface area (Å²) in [4.78, 5) is 101. The third-order valence-electron chi connectivity index (χ3n) is 15.9. The summed E-state index contributed by atoms with van der Waals surface area (Å²) in [6.45, 7) is 11.4. The van der Waals surface area contributed by atoms with E-state index >= 15 is 4.39 Å². The number of amides is 6. The van der Waals surface area contributed by atoms with E-state index in [9.17, 15) is 33.6 Å². The zero-order valence-corrected chi connectivity index (χ0v) is 50.8. The van der Waals surface area contributed by atoms with E-state index in [4.69, 9.17) is 23.7 Å². The van der Waals surface area contributed by atoms with E-state index in [1.165, 1.54) is 17.0 Å². The summed E-state index contributed by atoms with van der Waals surface area (Å²) in [6.07, 6.45) is 5.85. The van der Waals surface area contributed by atoms with Crippen molar-refractivity contribution in [3.63, 3.8) is 0 Å². The van der Waals surface area contributed by atoms with Gasteiger partial charge in [0.2, 0.25) is 17.7 Å². The first-order valence-corrected chi connectivity index (χ1v) is 30.4. The third kappa shape index (κ3) is 18.5. The van der Waals surface area contributed by atoms with Gasteiger partial charge in [-0.1, -0.05) is 55.7 Å². The minimum atomic E-state index is -0.789. The molecule has 0 spiro atoms. The minimum Gasteiger partial charge on any atom is -0.497 e. The molecular formula is C65H84FN9O12. The highest BCUT2D eigenvalue weighted by Gasteiger charge is 2.34. The van der Waals surface area contributed by atoms with E-state index in [0.29, 0.717) is 97.2 Å². The molecule has 6 amide bonds. The summed E-state index contributed by atoms with van der Waals surface area (Å²) >= 11 is 0. The number of aromatic nitrogens is 2. The van der Waals surface area contributed by atoms with Crippen LogP contribution in [0.1, 0.15) is 122 Å². The minimum absolute atomic E-state index is 0.0244. The van der Waals surface area contributed by atoms with E-state index in [2.05, 4.69) is 26.1 Å². The fourth-order valence-electron chi connectivity index (χ4n) is 11.4. The fraction of sp³-hybridized carbons (Fsp3) is 0.508. The molecule has 5 aromatic rings. The Morgan fingerprint density at radius 3 is 2.25 bits per heavy atom. The number of nitrogens with zero attached hydrogens (tertiary/aromatic N) is 5. The number of halogens is 1. The predicted molar refractivity (Wildman–Crippen MR) is 325 cm³/mol. The Labute approximate surface area is 507 Å². The van der Waals surface area contributed by atoms with E-state index in [1.54, 1.807) is 85.0 Å². The highest BCUT2D eigenvalue weighted by Crippen LogP contribution is 2.31. The van der Waals surface area contributed by atoms with Gasteiger partial charge in [0.15, 0.2) is 0 Å². The van der Waals surface area contributed by atoms with Gasteiger partial charge >= 0.3 is 6.09 Å². The summed E-state index contributed by atoms with van der Waals surface area (Å²) < 4.78 is 43.5. The molecule has 3 fully saturated rings. The van der Waals surface area contributed by atoms with Gasteiger partial charge in [-0.05, 0) is 113 Å². The molecule has 3 aliphatic rings. The number of ether oxygens (including phenoxy) is 5. The molecule has 0 bridgehead atoms. The van der Waals surface area contributed by atoms with Crippen LogP contribution >= 0.6 is 0 Å². The third-order valence-corrected chi connectivity index (χ3v) is 15.9. The second-order valence-electron chi connectivity index (χ2n) is 23.3. The first kappa shape index (κ1) is 65.0. The highest BCUT2D eigenvalue weighted by atomic mass is 19.1. The van der Waals surface area contributed by atoms with Crippen molar-refractivity contribution in [2.75, 3.05) is 106 Å². The van der Waals surface area contributed by atoms with Crippen LogP contribution in [0.3, 0.4) is 0 Å². The van der Waals surface area contributed by atoms with Crippen molar-refractivity contribution in [3.05, 3.63) is 135 Å². The fourth-order valence-corrected chi connectivity index (χ4v) is 11.4. The van der Waals surface area contributed by atoms with Gasteiger partial charge in [-0.25, -0.2) is 14.3 Å². The maximum atomic E-state index is 15.0. The number of piperazine rings is 1. The molecule has 4 N–H and O–H groups in total. The number of H-pyrrole nitrogens is 1. The van der Waals surface area contributed by atoms with Gasteiger partial charge < -0.3 is 54.3 Å². The average molecular weight is 1200 g/mol. The quantitative estimate of drug-likeness (QED) is 0.0426. The molecule has 1 aromatic heterocycles. The molecule has 22 heteroatoms. The van der Waals surface area contributed by atoms with Crippen molar-refractivity contribution < 1.29 is 56.8 Å². The van der Waals surface area contributed by atoms with Gasteiger partial charge in [-0.3, -0.25) is 33.7 Å². The number of hydrogen-bond donors (Lipinski definition) is 4. The van der Waals surface area contributed by atoms with Crippen LogP contribution in [0.5, 0.6) is 11.5 Å². The Morgan fingerprint density at radius 2 is 1.52 bits per heavy atom. The topological polar surface area (TPSA) is 243 Å². The lowest BCUT2D eigenvalue weighted by Crippen LogP contribution is -2.52. The Kier molecular flexibility index (Phi) is 23.6. The number of carbonyl (C=O) groups is 6. The molecule has 3 heterocycles. The molecule has 1 saturated carbocycles. The Balaban J connectivity index is 0.727. The molecule has 1 aliphatic carbocycles. The second-order valence-corrected chi connectivity index (χ2v) is 23.3. The lowest BCUT2D eigenvalue weighted by atomic mass is 9.83.